The van der Waals surface area contributed by atoms with E-state index in [2.05, 4.69) is 0 Å². The lowest BCUT2D eigenvalue weighted by Crippen LogP contribution is -2.49. The summed E-state index contributed by atoms with van der Waals surface area (Å²) in [6, 6.07) is 0. The van der Waals surface area contributed by atoms with Crippen LogP contribution in [0.5, 0.6) is 0 Å². The molecule has 2 saturated carbocycles. The maximum absolute atomic E-state index is 12.2. The highest BCUT2D eigenvalue weighted by molar-refractivity contribution is 5.92. The molecular formula is C14H22O5. The van der Waals surface area contributed by atoms with Crippen molar-refractivity contribution in [1.82, 2.24) is 0 Å². The van der Waals surface area contributed by atoms with Gasteiger partial charge in [-0.3, -0.25) is 9.59 Å². The van der Waals surface area contributed by atoms with Gasteiger partial charge in [-0.15, -0.1) is 0 Å². The van der Waals surface area contributed by atoms with E-state index in [-0.39, 0.29) is 0 Å². The zero-order chi connectivity index (χ0) is 13.9. The third-order valence-electron chi connectivity index (χ3n) is 4.51. The van der Waals surface area contributed by atoms with E-state index < -0.39 is 22.8 Å². The summed E-state index contributed by atoms with van der Waals surface area (Å²) in [5.74, 6) is -0.846. The molecule has 0 aromatic rings. The molecule has 0 aromatic heterocycles. The number of ether oxygens (including phenoxy) is 3. The van der Waals surface area contributed by atoms with Crippen molar-refractivity contribution >= 4 is 11.9 Å². The van der Waals surface area contributed by atoms with Gasteiger partial charge in [0.15, 0.2) is 0 Å². The average molecular weight is 270 g/mol. The molecule has 0 amide bonds. The summed E-state index contributed by atoms with van der Waals surface area (Å²) in [5.41, 5.74) is -1.19. The van der Waals surface area contributed by atoms with Crippen LogP contribution in [-0.2, 0) is 23.8 Å². The van der Waals surface area contributed by atoms with Gasteiger partial charge >= 0.3 is 11.9 Å². The first-order chi connectivity index (χ1) is 9.08. The molecule has 2 rings (SSSR count). The van der Waals surface area contributed by atoms with E-state index in [1.807, 2.05) is 0 Å². The molecule has 5 nitrogen and oxygen atoms in total. The summed E-state index contributed by atoms with van der Waals surface area (Å²) in [5, 5.41) is 0. The SMILES string of the molecule is COCC1(C(=O)OC(=O)C2(COC)CCC2)CCC1. The monoisotopic (exact) mass is 270 g/mol. The van der Waals surface area contributed by atoms with Crippen LogP contribution in [-0.4, -0.2) is 39.4 Å². The number of methoxy groups -OCH3 is 2. The van der Waals surface area contributed by atoms with Gasteiger partial charge in [-0.2, -0.15) is 0 Å². The van der Waals surface area contributed by atoms with E-state index in [9.17, 15) is 9.59 Å². The second-order valence-electron chi connectivity index (χ2n) is 5.81. The molecule has 5 heteroatoms. The molecule has 2 aliphatic rings. The first-order valence-corrected chi connectivity index (χ1v) is 6.83. The Morgan fingerprint density at radius 1 is 0.842 bits per heavy atom. The second-order valence-corrected chi connectivity index (χ2v) is 5.81. The summed E-state index contributed by atoms with van der Waals surface area (Å²) in [6.45, 7) is 0.660. The number of hydrogen-bond donors (Lipinski definition) is 0. The first-order valence-electron chi connectivity index (χ1n) is 6.83. The van der Waals surface area contributed by atoms with Crippen LogP contribution in [0.3, 0.4) is 0 Å². The summed E-state index contributed by atoms with van der Waals surface area (Å²) in [4.78, 5) is 24.3. The topological polar surface area (TPSA) is 61.8 Å². The van der Waals surface area contributed by atoms with E-state index in [1.165, 1.54) is 0 Å². The van der Waals surface area contributed by atoms with Gasteiger partial charge in [0, 0.05) is 14.2 Å². The van der Waals surface area contributed by atoms with Crippen LogP contribution >= 0.6 is 0 Å². The average Bonchev–Trinajstić information content (AvgIpc) is 2.27. The van der Waals surface area contributed by atoms with Gasteiger partial charge in [-0.25, -0.2) is 0 Å². The van der Waals surface area contributed by atoms with Gasteiger partial charge in [0.2, 0.25) is 0 Å². The van der Waals surface area contributed by atoms with Gasteiger partial charge in [-0.1, -0.05) is 12.8 Å². The Morgan fingerprint density at radius 3 is 1.42 bits per heavy atom. The number of carbonyl (C=O) groups excluding carboxylic acids is 2. The highest BCUT2D eigenvalue weighted by Crippen LogP contribution is 2.45. The second kappa shape index (κ2) is 5.59. The lowest BCUT2D eigenvalue weighted by molar-refractivity contribution is -0.185. The molecule has 108 valence electrons. The summed E-state index contributed by atoms with van der Waals surface area (Å²) in [6.07, 6.45) is 4.93. The Hall–Kier alpha value is -0.940. The fraction of sp³-hybridized carbons (Fsp3) is 0.857. The van der Waals surface area contributed by atoms with Crippen molar-refractivity contribution in [3.63, 3.8) is 0 Å². The predicted molar refractivity (Wildman–Crippen MR) is 67.4 cm³/mol. The first kappa shape index (κ1) is 14.5. The molecule has 0 heterocycles. The Labute approximate surface area is 113 Å². The number of esters is 2. The van der Waals surface area contributed by atoms with Crippen molar-refractivity contribution in [1.29, 1.82) is 0 Å². The quantitative estimate of drug-likeness (QED) is 0.543. The smallest absolute Gasteiger partial charge is 0.322 e. The lowest BCUT2D eigenvalue weighted by atomic mass is 9.68. The molecule has 2 fully saturated rings. The van der Waals surface area contributed by atoms with E-state index in [0.29, 0.717) is 13.2 Å². The minimum atomic E-state index is -0.595. The third kappa shape index (κ3) is 2.54. The van der Waals surface area contributed by atoms with E-state index in [4.69, 9.17) is 14.2 Å². The number of rotatable bonds is 6. The molecule has 2 aliphatic carbocycles. The highest BCUT2D eigenvalue weighted by Gasteiger charge is 2.51. The highest BCUT2D eigenvalue weighted by atomic mass is 16.6. The van der Waals surface area contributed by atoms with Crippen molar-refractivity contribution in [3.05, 3.63) is 0 Å². The molecule has 0 aliphatic heterocycles. The largest absolute Gasteiger partial charge is 0.392 e. The van der Waals surface area contributed by atoms with Gasteiger partial charge < -0.3 is 14.2 Å². The summed E-state index contributed by atoms with van der Waals surface area (Å²) in [7, 11) is 3.13. The Bertz CT molecular complexity index is 321. The minimum Gasteiger partial charge on any atom is -0.392 e. The molecule has 0 spiro atoms. The van der Waals surface area contributed by atoms with E-state index in [1.54, 1.807) is 14.2 Å². The zero-order valence-electron chi connectivity index (χ0n) is 11.7. The van der Waals surface area contributed by atoms with E-state index in [0.717, 1.165) is 38.5 Å². The molecule has 0 saturated heterocycles. The molecule has 0 bridgehead atoms. The van der Waals surface area contributed by atoms with Crippen LogP contribution in [0.25, 0.3) is 0 Å². The molecule has 0 atom stereocenters. The van der Waals surface area contributed by atoms with Gasteiger partial charge in [0.05, 0.1) is 24.0 Å². The lowest BCUT2D eigenvalue weighted by Gasteiger charge is -2.41. The van der Waals surface area contributed by atoms with Gasteiger partial charge in [0.1, 0.15) is 0 Å². The normalized spacial score (nSPS) is 23.1. The maximum Gasteiger partial charge on any atom is 0.322 e. The standard InChI is InChI=1S/C14H22O5/c1-17-9-13(5-3-6-13)11(15)19-12(16)14(10-18-2)7-4-8-14/h3-10H2,1-2H3. The Balaban J connectivity index is 1.96. The molecule has 0 aromatic carbocycles. The predicted octanol–water partition coefficient (Wildman–Crippen LogP) is 1.69. The molecule has 19 heavy (non-hydrogen) atoms. The van der Waals surface area contributed by atoms with Crippen molar-refractivity contribution < 1.29 is 23.8 Å². The van der Waals surface area contributed by atoms with Crippen molar-refractivity contribution in [2.45, 2.75) is 38.5 Å². The fourth-order valence-corrected chi connectivity index (χ4v) is 2.88. The summed E-state index contributed by atoms with van der Waals surface area (Å²) >= 11 is 0. The Morgan fingerprint density at radius 2 is 1.21 bits per heavy atom. The summed E-state index contributed by atoms with van der Waals surface area (Å²) < 4.78 is 15.3. The van der Waals surface area contributed by atoms with E-state index >= 15 is 0 Å². The fourth-order valence-electron chi connectivity index (χ4n) is 2.88. The number of hydrogen-bond acceptors (Lipinski definition) is 5. The molecule has 0 unspecified atom stereocenters. The molecule has 0 N–H and O–H groups in total. The van der Waals surface area contributed by atoms with Crippen molar-refractivity contribution in [2.24, 2.45) is 10.8 Å². The van der Waals surface area contributed by atoms with Gasteiger partial charge in [-0.05, 0) is 25.7 Å². The number of carbonyl (C=O) groups is 2. The Kier molecular flexibility index (Phi) is 4.26. The van der Waals surface area contributed by atoms with Gasteiger partial charge in [0.25, 0.3) is 0 Å². The van der Waals surface area contributed by atoms with Crippen LogP contribution in [0.4, 0.5) is 0 Å². The maximum atomic E-state index is 12.2. The van der Waals surface area contributed by atoms with Crippen molar-refractivity contribution in [3.8, 4) is 0 Å². The van der Waals surface area contributed by atoms with Crippen LogP contribution < -0.4 is 0 Å². The minimum absolute atomic E-state index is 0.330. The van der Waals surface area contributed by atoms with Crippen LogP contribution in [0.2, 0.25) is 0 Å². The van der Waals surface area contributed by atoms with Crippen LogP contribution in [0.1, 0.15) is 38.5 Å². The molecular weight excluding hydrogens is 248 g/mol. The zero-order valence-corrected chi connectivity index (χ0v) is 11.7. The van der Waals surface area contributed by atoms with Crippen LogP contribution in [0.15, 0.2) is 0 Å². The molecule has 0 radical (unpaired) electrons. The van der Waals surface area contributed by atoms with Crippen LogP contribution in [0, 0.1) is 10.8 Å². The third-order valence-corrected chi connectivity index (χ3v) is 4.51. The van der Waals surface area contributed by atoms with Crippen molar-refractivity contribution in [2.75, 3.05) is 27.4 Å².